The number of rotatable bonds is 6. The van der Waals surface area contributed by atoms with Gasteiger partial charge in [0.05, 0.1) is 6.54 Å². The van der Waals surface area contributed by atoms with Crippen LogP contribution in [0.2, 0.25) is 0 Å². The van der Waals surface area contributed by atoms with Crippen molar-refractivity contribution in [3.63, 3.8) is 0 Å². The predicted molar refractivity (Wildman–Crippen MR) is 64.1 cm³/mol. The second-order valence-electron chi connectivity index (χ2n) is 4.47. The number of hydrogen-bond donors (Lipinski definition) is 1. The average Bonchev–Trinajstić information content (AvgIpc) is 2.09. The van der Waals surface area contributed by atoms with Gasteiger partial charge in [-0.2, -0.15) is 0 Å². The molecule has 1 N–H and O–H groups in total. The minimum absolute atomic E-state index is 0.0687. The van der Waals surface area contributed by atoms with E-state index in [1.54, 1.807) is 4.90 Å². The van der Waals surface area contributed by atoms with Gasteiger partial charge in [0.1, 0.15) is 0 Å². The zero-order valence-corrected chi connectivity index (χ0v) is 10.9. The lowest BCUT2D eigenvalue weighted by molar-refractivity contribution is -0.134. The third-order valence-corrected chi connectivity index (χ3v) is 2.05. The van der Waals surface area contributed by atoms with Gasteiger partial charge in [-0.1, -0.05) is 0 Å². The van der Waals surface area contributed by atoms with Gasteiger partial charge in [-0.05, 0) is 27.9 Å². The summed E-state index contributed by atoms with van der Waals surface area (Å²) < 4.78 is 0. The first kappa shape index (κ1) is 14.9. The summed E-state index contributed by atoms with van der Waals surface area (Å²) in [7, 11) is 3.87. The molecule has 0 radical (unpaired) electrons. The molecule has 0 aliphatic carbocycles. The van der Waals surface area contributed by atoms with Crippen LogP contribution in [0.4, 0.5) is 0 Å². The molecule has 16 heavy (non-hydrogen) atoms. The van der Waals surface area contributed by atoms with Crippen molar-refractivity contribution in [2.75, 3.05) is 33.7 Å². The maximum atomic E-state index is 11.5. The summed E-state index contributed by atoms with van der Waals surface area (Å²) in [5.74, 6) is -0.176. The summed E-state index contributed by atoms with van der Waals surface area (Å²) >= 11 is 0. The molecule has 0 fully saturated rings. The number of hydrogen-bond acceptors (Lipinski definition) is 3. The first-order valence-electron chi connectivity index (χ1n) is 5.52. The van der Waals surface area contributed by atoms with Crippen LogP contribution in [-0.2, 0) is 9.59 Å². The van der Waals surface area contributed by atoms with Crippen LogP contribution in [0.3, 0.4) is 0 Å². The van der Waals surface area contributed by atoms with E-state index in [0.29, 0.717) is 6.54 Å². The summed E-state index contributed by atoms with van der Waals surface area (Å²) in [6.45, 7) is 6.76. The van der Waals surface area contributed by atoms with Crippen LogP contribution in [0.25, 0.3) is 0 Å². The Morgan fingerprint density at radius 1 is 1.19 bits per heavy atom. The second kappa shape index (κ2) is 7.22. The van der Waals surface area contributed by atoms with E-state index in [1.165, 1.54) is 6.92 Å². The predicted octanol–water partition coefficient (Wildman–Crippen LogP) is -0.0789. The average molecular weight is 229 g/mol. The van der Waals surface area contributed by atoms with E-state index in [2.05, 4.69) is 5.32 Å². The normalized spacial score (nSPS) is 10.7. The molecule has 0 atom stereocenters. The Hall–Kier alpha value is -1.10. The maximum Gasteiger partial charge on any atom is 0.239 e. The number of nitrogens with zero attached hydrogens (tertiary/aromatic N) is 2. The van der Waals surface area contributed by atoms with Gasteiger partial charge in [-0.15, -0.1) is 0 Å². The topological polar surface area (TPSA) is 52.7 Å². The first-order valence-corrected chi connectivity index (χ1v) is 5.52. The largest absolute Gasteiger partial charge is 0.352 e. The lowest BCUT2D eigenvalue weighted by Crippen LogP contribution is -2.44. The highest BCUT2D eigenvalue weighted by Crippen LogP contribution is 1.91. The maximum absolute atomic E-state index is 11.5. The summed E-state index contributed by atoms with van der Waals surface area (Å²) in [4.78, 5) is 26.3. The van der Waals surface area contributed by atoms with Crippen molar-refractivity contribution >= 4 is 11.8 Å². The highest BCUT2D eigenvalue weighted by molar-refractivity contribution is 5.83. The number of likely N-dealkylation sites (N-methyl/N-ethyl adjacent to an activating group) is 1. The minimum Gasteiger partial charge on any atom is -0.352 e. The van der Waals surface area contributed by atoms with Crippen molar-refractivity contribution in [1.29, 1.82) is 0 Å². The molecule has 0 unspecified atom stereocenters. The van der Waals surface area contributed by atoms with Crippen LogP contribution in [0.1, 0.15) is 20.8 Å². The lowest BCUT2D eigenvalue weighted by atomic mass is 10.3. The van der Waals surface area contributed by atoms with Gasteiger partial charge < -0.3 is 15.1 Å². The highest BCUT2D eigenvalue weighted by Gasteiger charge is 2.13. The zero-order valence-electron chi connectivity index (χ0n) is 10.9. The van der Waals surface area contributed by atoms with E-state index in [-0.39, 0.29) is 24.4 Å². The van der Waals surface area contributed by atoms with Crippen molar-refractivity contribution in [1.82, 2.24) is 15.1 Å². The van der Waals surface area contributed by atoms with Crippen molar-refractivity contribution in [2.45, 2.75) is 26.8 Å². The van der Waals surface area contributed by atoms with E-state index in [4.69, 9.17) is 0 Å². The summed E-state index contributed by atoms with van der Waals surface area (Å²) in [6, 6.07) is 0.107. The second-order valence-corrected chi connectivity index (χ2v) is 4.47. The van der Waals surface area contributed by atoms with E-state index in [0.717, 1.165) is 6.54 Å². The molecule has 0 aromatic heterocycles. The zero-order chi connectivity index (χ0) is 12.7. The molecule has 0 rings (SSSR count). The van der Waals surface area contributed by atoms with Crippen molar-refractivity contribution in [3.8, 4) is 0 Å². The van der Waals surface area contributed by atoms with Crippen LogP contribution in [0, 0.1) is 0 Å². The Labute approximate surface area is 97.8 Å². The molecule has 0 aromatic rings. The Kier molecular flexibility index (Phi) is 6.72. The number of carbonyl (C=O) groups excluding carboxylic acids is 2. The highest BCUT2D eigenvalue weighted by atomic mass is 16.2. The minimum atomic E-state index is -0.107. The summed E-state index contributed by atoms with van der Waals surface area (Å²) in [5, 5.41) is 2.77. The Bertz CT molecular complexity index is 239. The van der Waals surface area contributed by atoms with Crippen LogP contribution >= 0.6 is 0 Å². The van der Waals surface area contributed by atoms with E-state index >= 15 is 0 Å². The number of amides is 2. The molecule has 5 nitrogen and oxygen atoms in total. The first-order chi connectivity index (χ1) is 7.32. The third kappa shape index (κ3) is 7.23. The molecule has 0 aliphatic rings. The van der Waals surface area contributed by atoms with Crippen LogP contribution < -0.4 is 5.32 Å². The van der Waals surface area contributed by atoms with Crippen molar-refractivity contribution < 1.29 is 9.59 Å². The number of carbonyl (C=O) groups is 2. The molecular formula is C11H23N3O2. The molecule has 0 heterocycles. The van der Waals surface area contributed by atoms with E-state index in [9.17, 15) is 9.59 Å². The number of nitrogens with one attached hydrogen (secondary N) is 1. The summed E-state index contributed by atoms with van der Waals surface area (Å²) in [6.07, 6.45) is 0. The van der Waals surface area contributed by atoms with Gasteiger partial charge in [0, 0.05) is 26.1 Å². The molecule has 2 amide bonds. The standard InChI is InChI=1S/C11H23N3O2/c1-9(2)12-11(16)8-14(10(3)15)7-6-13(4)5/h9H,6-8H2,1-5H3,(H,12,16). The Balaban J connectivity index is 4.12. The molecule has 5 heteroatoms. The SMILES string of the molecule is CC(=O)N(CCN(C)C)CC(=O)NC(C)C. The Morgan fingerprint density at radius 2 is 1.75 bits per heavy atom. The molecular weight excluding hydrogens is 206 g/mol. The quantitative estimate of drug-likeness (QED) is 0.693. The van der Waals surface area contributed by atoms with Crippen LogP contribution in [0.5, 0.6) is 0 Å². The fourth-order valence-corrected chi connectivity index (χ4v) is 1.21. The molecule has 0 saturated carbocycles. The summed E-state index contributed by atoms with van der Waals surface area (Å²) in [5.41, 5.74) is 0. The molecule has 0 spiro atoms. The van der Waals surface area contributed by atoms with Crippen molar-refractivity contribution in [2.24, 2.45) is 0 Å². The fourth-order valence-electron chi connectivity index (χ4n) is 1.21. The van der Waals surface area contributed by atoms with Gasteiger partial charge in [0.25, 0.3) is 0 Å². The lowest BCUT2D eigenvalue weighted by Gasteiger charge is -2.23. The smallest absolute Gasteiger partial charge is 0.239 e. The molecule has 0 bridgehead atoms. The molecule has 0 saturated heterocycles. The van der Waals surface area contributed by atoms with E-state index in [1.807, 2.05) is 32.8 Å². The molecule has 94 valence electrons. The van der Waals surface area contributed by atoms with Crippen LogP contribution in [0.15, 0.2) is 0 Å². The fraction of sp³-hybridized carbons (Fsp3) is 0.818. The third-order valence-electron chi connectivity index (χ3n) is 2.05. The van der Waals surface area contributed by atoms with Crippen LogP contribution in [-0.4, -0.2) is 61.4 Å². The van der Waals surface area contributed by atoms with Gasteiger partial charge >= 0.3 is 0 Å². The van der Waals surface area contributed by atoms with Gasteiger partial charge in [-0.3, -0.25) is 9.59 Å². The molecule has 0 aliphatic heterocycles. The van der Waals surface area contributed by atoms with Gasteiger partial charge in [0.2, 0.25) is 11.8 Å². The van der Waals surface area contributed by atoms with Gasteiger partial charge in [0.15, 0.2) is 0 Å². The van der Waals surface area contributed by atoms with Gasteiger partial charge in [-0.25, -0.2) is 0 Å². The Morgan fingerprint density at radius 3 is 2.12 bits per heavy atom. The van der Waals surface area contributed by atoms with Crippen molar-refractivity contribution in [3.05, 3.63) is 0 Å². The van der Waals surface area contributed by atoms with E-state index < -0.39 is 0 Å². The molecule has 0 aromatic carbocycles. The monoisotopic (exact) mass is 229 g/mol.